The van der Waals surface area contributed by atoms with E-state index in [9.17, 15) is 4.79 Å². The van der Waals surface area contributed by atoms with E-state index in [1.165, 1.54) is 11.8 Å². The molecule has 0 saturated carbocycles. The van der Waals surface area contributed by atoms with E-state index in [4.69, 9.17) is 21.1 Å². The van der Waals surface area contributed by atoms with Crippen molar-refractivity contribution in [2.45, 2.75) is 11.3 Å². The van der Waals surface area contributed by atoms with Gasteiger partial charge in [-0.25, -0.2) is 4.98 Å². The Kier molecular flexibility index (Phi) is 6.14. The number of aromatic nitrogens is 4. The van der Waals surface area contributed by atoms with Crippen molar-refractivity contribution >= 4 is 35.0 Å². The zero-order valence-corrected chi connectivity index (χ0v) is 18.8. The van der Waals surface area contributed by atoms with Crippen LogP contribution in [0.1, 0.15) is 11.9 Å². The first kappa shape index (κ1) is 21.3. The number of halogens is 1. The highest BCUT2D eigenvalue weighted by molar-refractivity contribution is 7.99. The zero-order valence-electron chi connectivity index (χ0n) is 17.2. The van der Waals surface area contributed by atoms with Crippen LogP contribution in [0.4, 0.5) is 5.69 Å². The fourth-order valence-corrected chi connectivity index (χ4v) is 4.27. The molecule has 1 aliphatic heterocycles. The smallest absolute Gasteiger partial charge is 0.234 e. The summed E-state index contributed by atoms with van der Waals surface area (Å²) in [6.45, 7) is 0.298. The summed E-state index contributed by atoms with van der Waals surface area (Å²) < 4.78 is 13.9. The number of fused-ring (bicyclic) bond motifs is 1. The minimum Gasteiger partial charge on any atom is -0.485 e. The van der Waals surface area contributed by atoms with Gasteiger partial charge in [-0.2, -0.15) is 0 Å². The Morgan fingerprint density at radius 2 is 1.85 bits per heavy atom. The summed E-state index contributed by atoms with van der Waals surface area (Å²) >= 11 is 7.29. The third-order valence-electron chi connectivity index (χ3n) is 4.83. The van der Waals surface area contributed by atoms with Gasteiger partial charge in [0.2, 0.25) is 5.91 Å². The summed E-state index contributed by atoms with van der Waals surface area (Å²) in [7, 11) is 0. The summed E-state index contributed by atoms with van der Waals surface area (Å²) in [5.74, 6) is 1.82. The molecular formula is C23H18ClN5O3S. The number of hydrogen-bond acceptors (Lipinski definition) is 7. The van der Waals surface area contributed by atoms with Crippen LogP contribution in [-0.4, -0.2) is 38.0 Å². The number of carbonyl (C=O) groups excluding carboxylic acids is 1. The van der Waals surface area contributed by atoms with E-state index in [2.05, 4.69) is 20.5 Å². The molecule has 33 heavy (non-hydrogen) atoms. The Balaban J connectivity index is 1.39. The molecule has 1 N–H and O–H groups in total. The molecule has 2 aromatic carbocycles. The Bertz CT molecular complexity index is 1280. The molecule has 1 unspecified atom stereocenters. The maximum absolute atomic E-state index is 12.5. The van der Waals surface area contributed by atoms with Crippen molar-refractivity contribution in [1.29, 1.82) is 0 Å². The van der Waals surface area contributed by atoms with Gasteiger partial charge in [0.1, 0.15) is 6.61 Å². The van der Waals surface area contributed by atoms with Crippen molar-refractivity contribution in [3.05, 3.63) is 83.9 Å². The Labute approximate surface area is 198 Å². The lowest BCUT2D eigenvalue weighted by molar-refractivity contribution is -0.113. The molecule has 0 fully saturated rings. The summed E-state index contributed by atoms with van der Waals surface area (Å²) in [5, 5.41) is 12.3. The minimum absolute atomic E-state index is 0.112. The topological polar surface area (TPSA) is 91.2 Å². The highest BCUT2D eigenvalue weighted by atomic mass is 35.5. The van der Waals surface area contributed by atoms with Gasteiger partial charge < -0.3 is 14.8 Å². The average molecular weight is 480 g/mol. The van der Waals surface area contributed by atoms with Gasteiger partial charge in [-0.1, -0.05) is 53.7 Å². The second-order valence-electron chi connectivity index (χ2n) is 7.05. The average Bonchev–Trinajstić information content (AvgIpc) is 3.28. The molecule has 4 aromatic rings. The molecule has 0 spiro atoms. The molecule has 0 saturated heterocycles. The number of carbonyl (C=O) groups is 1. The van der Waals surface area contributed by atoms with E-state index in [-0.39, 0.29) is 16.8 Å². The SMILES string of the molecule is O=C(CSc1nnc(C2COc3ccccc3O2)n1-c1ccccc1)Nc1cccnc1Cl. The molecule has 5 rings (SSSR count). The van der Waals surface area contributed by atoms with Gasteiger partial charge in [-0.05, 0) is 36.4 Å². The quantitative estimate of drug-likeness (QED) is 0.320. The number of rotatable bonds is 6. The summed E-state index contributed by atoms with van der Waals surface area (Å²) in [6, 6.07) is 20.6. The van der Waals surface area contributed by atoms with Crippen molar-refractivity contribution in [2.24, 2.45) is 0 Å². The van der Waals surface area contributed by atoms with E-state index in [1.807, 2.05) is 59.2 Å². The molecule has 10 heteroatoms. The van der Waals surface area contributed by atoms with Gasteiger partial charge >= 0.3 is 0 Å². The van der Waals surface area contributed by atoms with E-state index in [0.717, 1.165) is 5.69 Å². The number of nitrogens with zero attached hydrogens (tertiary/aromatic N) is 4. The number of nitrogens with one attached hydrogen (secondary N) is 1. The van der Waals surface area contributed by atoms with E-state index in [1.54, 1.807) is 18.3 Å². The van der Waals surface area contributed by atoms with Crippen molar-refractivity contribution in [2.75, 3.05) is 17.7 Å². The number of para-hydroxylation sites is 3. The van der Waals surface area contributed by atoms with Crippen molar-refractivity contribution < 1.29 is 14.3 Å². The highest BCUT2D eigenvalue weighted by Gasteiger charge is 2.29. The summed E-state index contributed by atoms with van der Waals surface area (Å²) in [6.07, 6.45) is 1.11. The highest BCUT2D eigenvalue weighted by Crippen LogP contribution is 2.37. The van der Waals surface area contributed by atoms with Crippen LogP contribution in [-0.2, 0) is 4.79 Å². The third kappa shape index (κ3) is 4.64. The van der Waals surface area contributed by atoms with Gasteiger partial charge in [0.25, 0.3) is 0 Å². The monoisotopic (exact) mass is 479 g/mol. The molecule has 1 atom stereocenters. The van der Waals surface area contributed by atoms with Crippen molar-refractivity contribution in [1.82, 2.24) is 19.7 Å². The molecule has 1 aliphatic rings. The number of anilines is 1. The minimum atomic E-state index is -0.454. The predicted octanol–water partition coefficient (Wildman–Crippen LogP) is 4.56. The fourth-order valence-electron chi connectivity index (χ4n) is 3.35. The zero-order chi connectivity index (χ0) is 22.6. The van der Waals surface area contributed by atoms with Crippen molar-refractivity contribution in [3.63, 3.8) is 0 Å². The molecule has 3 heterocycles. The van der Waals surface area contributed by atoms with Crippen LogP contribution < -0.4 is 14.8 Å². The summed E-state index contributed by atoms with van der Waals surface area (Å²) in [4.78, 5) is 16.5. The van der Waals surface area contributed by atoms with Crippen LogP contribution in [0.15, 0.2) is 78.1 Å². The summed E-state index contributed by atoms with van der Waals surface area (Å²) in [5.41, 5.74) is 1.32. The Morgan fingerprint density at radius 1 is 1.06 bits per heavy atom. The number of ether oxygens (including phenoxy) is 2. The molecule has 166 valence electrons. The maximum Gasteiger partial charge on any atom is 0.234 e. The molecule has 0 bridgehead atoms. The van der Waals surface area contributed by atoms with Crippen LogP contribution in [0.3, 0.4) is 0 Å². The second-order valence-corrected chi connectivity index (χ2v) is 8.36. The first-order chi connectivity index (χ1) is 16.2. The number of pyridine rings is 1. The van der Waals surface area contributed by atoms with E-state index >= 15 is 0 Å². The normalized spacial score (nSPS) is 14.6. The van der Waals surface area contributed by atoms with Crippen LogP contribution in [0.2, 0.25) is 5.15 Å². The lowest BCUT2D eigenvalue weighted by Crippen LogP contribution is -2.24. The Hall–Kier alpha value is -3.56. The lowest BCUT2D eigenvalue weighted by atomic mass is 10.2. The van der Waals surface area contributed by atoms with Crippen LogP contribution >= 0.6 is 23.4 Å². The number of thioether (sulfide) groups is 1. The van der Waals surface area contributed by atoms with Gasteiger partial charge in [0.15, 0.2) is 33.7 Å². The molecule has 0 aliphatic carbocycles. The largest absolute Gasteiger partial charge is 0.485 e. The third-order valence-corrected chi connectivity index (χ3v) is 6.07. The van der Waals surface area contributed by atoms with Gasteiger partial charge in [0.05, 0.1) is 11.4 Å². The standard InChI is InChI=1S/C23H18ClN5O3S/c24-21-16(9-6-12-25-21)26-20(30)14-33-23-28-27-22(29(23)15-7-2-1-3-8-15)19-13-31-17-10-4-5-11-18(17)32-19/h1-12,19H,13-14H2,(H,26,30). The molecule has 0 radical (unpaired) electrons. The van der Waals surface area contributed by atoms with Crippen LogP contribution in [0.25, 0.3) is 5.69 Å². The first-order valence-corrected chi connectivity index (χ1v) is 11.5. The lowest BCUT2D eigenvalue weighted by Gasteiger charge is -2.26. The van der Waals surface area contributed by atoms with E-state index < -0.39 is 6.10 Å². The van der Waals surface area contributed by atoms with Crippen LogP contribution in [0, 0.1) is 0 Å². The molecular weight excluding hydrogens is 462 g/mol. The second kappa shape index (κ2) is 9.51. The fraction of sp³-hybridized carbons (Fsp3) is 0.130. The maximum atomic E-state index is 12.5. The molecule has 2 aromatic heterocycles. The predicted molar refractivity (Wildman–Crippen MR) is 125 cm³/mol. The van der Waals surface area contributed by atoms with Gasteiger partial charge in [-0.15, -0.1) is 10.2 Å². The number of amides is 1. The number of hydrogen-bond donors (Lipinski definition) is 1. The van der Waals surface area contributed by atoms with Crippen LogP contribution in [0.5, 0.6) is 11.5 Å². The van der Waals surface area contributed by atoms with E-state index in [0.29, 0.717) is 34.8 Å². The number of benzene rings is 2. The Morgan fingerprint density at radius 3 is 2.67 bits per heavy atom. The van der Waals surface area contributed by atoms with Gasteiger partial charge in [-0.3, -0.25) is 9.36 Å². The van der Waals surface area contributed by atoms with Gasteiger partial charge in [0, 0.05) is 11.9 Å². The first-order valence-electron chi connectivity index (χ1n) is 10.1. The molecule has 1 amide bonds. The van der Waals surface area contributed by atoms with Crippen molar-refractivity contribution in [3.8, 4) is 17.2 Å². The molecule has 8 nitrogen and oxygen atoms in total.